The van der Waals surface area contributed by atoms with Gasteiger partial charge in [-0.1, -0.05) is 49.4 Å². The number of allylic oxidation sites excluding steroid dienone is 1. The Morgan fingerprint density at radius 3 is 2.66 bits per heavy atom. The van der Waals surface area contributed by atoms with E-state index in [-0.39, 0.29) is 23.8 Å². The summed E-state index contributed by atoms with van der Waals surface area (Å²) < 4.78 is 39.8. The van der Waals surface area contributed by atoms with Crippen molar-refractivity contribution >= 4 is 40.1 Å². The predicted molar refractivity (Wildman–Crippen MR) is 129 cm³/mol. The Hall–Kier alpha value is -2.92. The first-order valence-electron chi connectivity index (χ1n) is 11.0. The summed E-state index contributed by atoms with van der Waals surface area (Å²) in [5.41, 5.74) is 1.14. The Bertz CT molecular complexity index is 1260. The highest BCUT2D eigenvalue weighted by molar-refractivity contribution is 8.17. The Labute approximate surface area is 207 Å². The number of carbonyl (C=O) groups excluding carboxylic acids is 2. The van der Waals surface area contributed by atoms with Crippen molar-refractivity contribution in [2.45, 2.75) is 43.8 Å². The number of fused-ring (bicyclic) bond motifs is 1. The Balaban J connectivity index is 1.31. The van der Waals surface area contributed by atoms with Crippen LogP contribution < -0.4 is 10.6 Å². The number of nitrogens with zero attached hydrogens (tertiary/aromatic N) is 2. The smallest absolute Gasteiger partial charge is 0.326 e. The number of thiazole rings is 1. The van der Waals surface area contributed by atoms with E-state index in [1.165, 1.54) is 29.2 Å². The number of nitrogens with one attached hydrogen (secondary N) is 2. The number of amides is 2. The van der Waals surface area contributed by atoms with Crippen molar-refractivity contribution in [3.63, 3.8) is 0 Å². The van der Waals surface area contributed by atoms with Crippen LogP contribution >= 0.6 is 23.1 Å². The SMILES string of the molecule is CC1C=C(NC(=O)C2(c3cccc(C(F)(F)F)c3)CCC2)C=C2SC(NC(=O)c3cscn3)=NC21. The van der Waals surface area contributed by atoms with Gasteiger partial charge in [-0.2, -0.15) is 13.2 Å². The molecule has 2 aromatic rings. The molecule has 2 amide bonds. The number of benzene rings is 1. The van der Waals surface area contributed by atoms with E-state index in [1.54, 1.807) is 17.0 Å². The topological polar surface area (TPSA) is 83.5 Å². The molecule has 11 heteroatoms. The molecular weight excluding hydrogens is 497 g/mol. The number of hydrogen-bond acceptors (Lipinski definition) is 6. The maximum atomic E-state index is 13.4. The maximum absolute atomic E-state index is 13.4. The number of hydrogen-bond donors (Lipinski definition) is 2. The minimum Gasteiger partial charge on any atom is -0.326 e. The lowest BCUT2D eigenvalue weighted by molar-refractivity contribution is -0.138. The second kappa shape index (κ2) is 8.94. The van der Waals surface area contributed by atoms with Crippen LogP contribution in [-0.2, 0) is 16.4 Å². The first-order valence-corrected chi connectivity index (χ1v) is 12.8. The van der Waals surface area contributed by atoms with Crippen molar-refractivity contribution in [2.75, 3.05) is 0 Å². The molecule has 0 radical (unpaired) electrons. The van der Waals surface area contributed by atoms with Gasteiger partial charge in [0.2, 0.25) is 5.91 Å². The van der Waals surface area contributed by atoms with Crippen molar-refractivity contribution < 1.29 is 22.8 Å². The van der Waals surface area contributed by atoms with E-state index < -0.39 is 17.2 Å². The zero-order chi connectivity index (χ0) is 24.8. The molecule has 1 aromatic heterocycles. The van der Waals surface area contributed by atoms with E-state index in [2.05, 4.69) is 20.6 Å². The third kappa shape index (κ3) is 4.54. The molecule has 5 rings (SSSR count). The van der Waals surface area contributed by atoms with Gasteiger partial charge in [-0.15, -0.1) is 11.3 Å². The number of rotatable bonds is 4. The van der Waals surface area contributed by atoms with E-state index in [0.717, 1.165) is 23.5 Å². The van der Waals surface area contributed by atoms with Gasteiger partial charge in [-0.25, -0.2) is 4.98 Å². The lowest BCUT2D eigenvalue weighted by Crippen LogP contribution is -2.49. The quantitative estimate of drug-likeness (QED) is 0.596. The molecule has 0 spiro atoms. The summed E-state index contributed by atoms with van der Waals surface area (Å²) in [6, 6.07) is 4.88. The molecule has 6 nitrogen and oxygen atoms in total. The highest BCUT2D eigenvalue weighted by Crippen LogP contribution is 2.46. The first-order chi connectivity index (χ1) is 16.7. The van der Waals surface area contributed by atoms with Crippen molar-refractivity contribution in [3.05, 3.63) is 74.7 Å². The number of carbonyl (C=O) groups is 2. The van der Waals surface area contributed by atoms with Gasteiger partial charge in [0.1, 0.15) is 5.69 Å². The van der Waals surface area contributed by atoms with Gasteiger partial charge in [0.15, 0.2) is 5.17 Å². The number of thioether (sulfide) groups is 1. The van der Waals surface area contributed by atoms with Crippen LogP contribution in [0.4, 0.5) is 13.2 Å². The summed E-state index contributed by atoms with van der Waals surface area (Å²) in [6.07, 6.45) is 0.995. The molecule has 1 aromatic carbocycles. The fourth-order valence-electron chi connectivity index (χ4n) is 4.50. The third-order valence-electron chi connectivity index (χ3n) is 6.53. The van der Waals surface area contributed by atoms with Crippen molar-refractivity contribution in [3.8, 4) is 0 Å². The molecule has 35 heavy (non-hydrogen) atoms. The van der Waals surface area contributed by atoms with E-state index in [1.807, 2.05) is 19.1 Å². The van der Waals surface area contributed by atoms with Crippen molar-refractivity contribution in [2.24, 2.45) is 10.9 Å². The van der Waals surface area contributed by atoms with Gasteiger partial charge >= 0.3 is 6.18 Å². The summed E-state index contributed by atoms with van der Waals surface area (Å²) in [5, 5.41) is 7.83. The molecule has 1 fully saturated rings. The third-order valence-corrected chi connectivity index (χ3v) is 8.11. The number of aliphatic imine (C=N–C) groups is 1. The van der Waals surface area contributed by atoms with Gasteiger partial charge in [0, 0.05) is 21.9 Å². The maximum Gasteiger partial charge on any atom is 0.416 e. The van der Waals surface area contributed by atoms with Crippen LogP contribution in [0.3, 0.4) is 0 Å². The van der Waals surface area contributed by atoms with Gasteiger partial charge in [-0.05, 0) is 30.5 Å². The largest absolute Gasteiger partial charge is 0.416 e. The molecule has 2 unspecified atom stereocenters. The van der Waals surface area contributed by atoms with Crippen LogP contribution in [-0.4, -0.2) is 28.0 Å². The minimum absolute atomic E-state index is 0.0441. The Morgan fingerprint density at radius 2 is 2.00 bits per heavy atom. The lowest BCUT2D eigenvalue weighted by atomic mass is 9.63. The molecule has 0 saturated heterocycles. The van der Waals surface area contributed by atoms with Crippen LogP contribution in [0.1, 0.15) is 47.8 Å². The number of amidine groups is 1. The predicted octanol–water partition coefficient (Wildman–Crippen LogP) is 5.02. The summed E-state index contributed by atoms with van der Waals surface area (Å²) in [5.74, 6) is -0.686. The fraction of sp³-hybridized carbons (Fsp3) is 0.333. The molecule has 2 atom stereocenters. The highest BCUT2D eigenvalue weighted by atomic mass is 32.2. The molecule has 0 bridgehead atoms. The van der Waals surface area contributed by atoms with E-state index in [0.29, 0.717) is 35.0 Å². The average Bonchev–Trinajstić information content (AvgIpc) is 3.43. The second-order valence-corrected chi connectivity index (χ2v) is 10.6. The van der Waals surface area contributed by atoms with Gasteiger partial charge in [0.25, 0.3) is 5.91 Å². The summed E-state index contributed by atoms with van der Waals surface area (Å²) in [4.78, 5) is 35.1. The standard InChI is InChI=1S/C24H21F3N4O2S2/c1-13-8-16(10-18-19(13)30-22(35-18)31-20(32)17-11-34-12-28-17)29-21(33)23(6-3-7-23)14-4-2-5-15(9-14)24(25,26)27/h2,4-5,8-13,19H,3,6-7H2,1H3,(H,29,33)(H,30,31,32). The first kappa shape index (κ1) is 23.8. The Morgan fingerprint density at radius 1 is 1.20 bits per heavy atom. The van der Waals surface area contributed by atoms with Crippen LogP contribution in [0.5, 0.6) is 0 Å². The summed E-state index contributed by atoms with van der Waals surface area (Å²) in [6.45, 7) is 1.96. The number of aromatic nitrogens is 1. The molecule has 2 aliphatic carbocycles. The monoisotopic (exact) mass is 518 g/mol. The molecule has 2 N–H and O–H groups in total. The van der Waals surface area contributed by atoms with Gasteiger partial charge < -0.3 is 5.32 Å². The molecule has 2 heterocycles. The van der Waals surface area contributed by atoms with Crippen molar-refractivity contribution in [1.29, 1.82) is 0 Å². The van der Waals surface area contributed by atoms with Gasteiger partial charge in [0.05, 0.1) is 22.5 Å². The second-order valence-electron chi connectivity index (χ2n) is 8.81. The fourth-order valence-corrected chi connectivity index (χ4v) is 6.14. The van der Waals surface area contributed by atoms with Gasteiger partial charge in [-0.3, -0.25) is 19.9 Å². The lowest BCUT2D eigenvalue weighted by Gasteiger charge is -2.41. The van der Waals surface area contributed by atoms with E-state index in [9.17, 15) is 22.8 Å². The van der Waals surface area contributed by atoms with Crippen LogP contribution in [0.25, 0.3) is 0 Å². The number of alkyl halides is 3. The van der Waals surface area contributed by atoms with Crippen LogP contribution in [0, 0.1) is 5.92 Å². The Kier molecular flexibility index (Phi) is 6.08. The molecule has 1 aliphatic heterocycles. The minimum atomic E-state index is -4.47. The highest BCUT2D eigenvalue weighted by Gasteiger charge is 2.47. The molecule has 1 saturated carbocycles. The molecular formula is C24H21F3N4O2S2. The van der Waals surface area contributed by atoms with Crippen LogP contribution in [0.15, 0.2) is 62.9 Å². The van der Waals surface area contributed by atoms with Crippen LogP contribution in [0.2, 0.25) is 0 Å². The molecule has 3 aliphatic rings. The number of halogens is 3. The zero-order valence-corrected chi connectivity index (χ0v) is 20.2. The summed E-state index contributed by atoms with van der Waals surface area (Å²) >= 11 is 2.65. The van der Waals surface area contributed by atoms with Crippen molar-refractivity contribution in [1.82, 2.24) is 15.6 Å². The average molecular weight is 519 g/mol. The van der Waals surface area contributed by atoms with E-state index in [4.69, 9.17) is 0 Å². The zero-order valence-electron chi connectivity index (χ0n) is 18.6. The van der Waals surface area contributed by atoms with E-state index >= 15 is 0 Å². The normalized spacial score (nSPS) is 22.8. The molecule has 182 valence electrons. The summed E-state index contributed by atoms with van der Waals surface area (Å²) in [7, 11) is 0.